The van der Waals surface area contributed by atoms with Crippen LogP contribution in [0.5, 0.6) is 0 Å². The van der Waals surface area contributed by atoms with Crippen molar-refractivity contribution in [3.63, 3.8) is 0 Å². The van der Waals surface area contributed by atoms with Gasteiger partial charge in [-0.3, -0.25) is 0 Å². The molecule has 1 atom stereocenters. The Labute approximate surface area is 85.8 Å². The van der Waals surface area contributed by atoms with E-state index in [4.69, 9.17) is 0 Å². The molecule has 0 saturated carbocycles. The normalized spacial score (nSPS) is 16.7. The van der Waals surface area contributed by atoms with Gasteiger partial charge in [0.05, 0.1) is 6.10 Å². The lowest BCUT2D eigenvalue weighted by Crippen LogP contribution is -1.97. The Kier molecular flexibility index (Phi) is 2.87. The van der Waals surface area contributed by atoms with Crippen molar-refractivity contribution in [1.29, 1.82) is 0 Å². The molecule has 0 amide bonds. The molecular weight excluding hydrogens is 172 g/mol. The number of benzene rings is 1. The van der Waals surface area contributed by atoms with Gasteiger partial charge in [0.25, 0.3) is 0 Å². The Morgan fingerprint density at radius 3 is 2.86 bits per heavy atom. The van der Waals surface area contributed by atoms with Crippen molar-refractivity contribution in [3.8, 4) is 0 Å². The van der Waals surface area contributed by atoms with Gasteiger partial charge in [0.1, 0.15) is 0 Å². The number of hydrogen-bond donors (Lipinski definition) is 1. The van der Waals surface area contributed by atoms with Crippen LogP contribution >= 0.6 is 0 Å². The van der Waals surface area contributed by atoms with Gasteiger partial charge in [-0.1, -0.05) is 31.5 Å². The van der Waals surface area contributed by atoms with Gasteiger partial charge in [0.2, 0.25) is 0 Å². The summed E-state index contributed by atoms with van der Waals surface area (Å²) < 4.78 is 0. The fourth-order valence-corrected chi connectivity index (χ4v) is 2.24. The minimum absolute atomic E-state index is 0.258. The Morgan fingerprint density at radius 2 is 2.07 bits per heavy atom. The summed E-state index contributed by atoms with van der Waals surface area (Å²) in [7, 11) is 0. The quantitative estimate of drug-likeness (QED) is 0.776. The first kappa shape index (κ1) is 9.72. The molecule has 1 aromatic rings. The van der Waals surface area contributed by atoms with E-state index in [1.165, 1.54) is 30.4 Å². The molecule has 0 radical (unpaired) electrons. The highest BCUT2D eigenvalue weighted by Crippen LogP contribution is 2.26. The minimum atomic E-state index is -0.258. The third-order valence-electron chi connectivity index (χ3n) is 3.07. The largest absolute Gasteiger partial charge is 0.388 e. The van der Waals surface area contributed by atoms with Gasteiger partial charge < -0.3 is 5.11 Å². The highest BCUT2D eigenvalue weighted by Gasteiger charge is 2.13. The first-order valence-electron chi connectivity index (χ1n) is 5.61. The molecule has 0 aromatic heterocycles. The molecule has 1 heteroatoms. The van der Waals surface area contributed by atoms with E-state index < -0.39 is 0 Å². The van der Waals surface area contributed by atoms with Crippen LogP contribution in [-0.2, 0) is 12.8 Å². The Bertz CT molecular complexity index is 317. The number of aryl methyl sites for hydroxylation is 2. The van der Waals surface area contributed by atoms with Crippen molar-refractivity contribution in [2.24, 2.45) is 0 Å². The summed E-state index contributed by atoms with van der Waals surface area (Å²) in [6, 6.07) is 6.48. The lowest BCUT2D eigenvalue weighted by atomic mass is 10.0. The molecule has 0 fully saturated rings. The molecule has 0 unspecified atom stereocenters. The molecule has 76 valence electrons. The third-order valence-corrected chi connectivity index (χ3v) is 3.07. The van der Waals surface area contributed by atoms with Gasteiger partial charge in [0.15, 0.2) is 0 Å². The van der Waals surface area contributed by atoms with Crippen molar-refractivity contribution < 1.29 is 5.11 Å². The molecule has 0 aliphatic heterocycles. The molecule has 14 heavy (non-hydrogen) atoms. The van der Waals surface area contributed by atoms with Gasteiger partial charge in [-0.25, -0.2) is 0 Å². The fourth-order valence-electron chi connectivity index (χ4n) is 2.24. The van der Waals surface area contributed by atoms with Gasteiger partial charge in [-0.2, -0.15) is 0 Å². The summed E-state index contributed by atoms with van der Waals surface area (Å²) in [5.41, 5.74) is 4.04. The van der Waals surface area contributed by atoms with Crippen molar-refractivity contribution >= 4 is 0 Å². The molecule has 0 bridgehead atoms. The summed E-state index contributed by atoms with van der Waals surface area (Å²) in [6.45, 7) is 2.11. The van der Waals surface area contributed by atoms with E-state index in [0.29, 0.717) is 0 Å². The van der Waals surface area contributed by atoms with Gasteiger partial charge in [-0.05, 0) is 42.4 Å². The highest BCUT2D eigenvalue weighted by molar-refractivity contribution is 5.36. The maximum atomic E-state index is 9.85. The van der Waals surface area contributed by atoms with E-state index in [1.54, 1.807) is 0 Å². The zero-order valence-electron chi connectivity index (χ0n) is 8.79. The smallest absolute Gasteiger partial charge is 0.0790 e. The number of hydrogen-bond acceptors (Lipinski definition) is 1. The first-order chi connectivity index (χ1) is 6.81. The lowest BCUT2D eigenvalue weighted by molar-refractivity contribution is 0.166. The molecule has 0 saturated heterocycles. The molecule has 1 aliphatic carbocycles. The second-order valence-electron chi connectivity index (χ2n) is 4.19. The second-order valence-corrected chi connectivity index (χ2v) is 4.19. The van der Waals surface area contributed by atoms with Crippen molar-refractivity contribution in [2.45, 2.75) is 45.1 Å². The average molecular weight is 190 g/mol. The molecule has 1 nitrogen and oxygen atoms in total. The fraction of sp³-hybridized carbons (Fsp3) is 0.538. The molecular formula is C13H18O. The Hall–Kier alpha value is -0.820. The predicted molar refractivity (Wildman–Crippen MR) is 58.3 cm³/mol. The number of aliphatic hydroxyl groups is 1. The average Bonchev–Trinajstić information content (AvgIpc) is 2.64. The molecule has 0 heterocycles. The summed E-state index contributed by atoms with van der Waals surface area (Å²) in [6.07, 6.45) is 5.35. The maximum Gasteiger partial charge on any atom is 0.0790 e. The molecule has 1 N–H and O–H groups in total. The van der Waals surface area contributed by atoms with Crippen LogP contribution in [0, 0.1) is 0 Å². The number of aliphatic hydroxyl groups excluding tert-OH is 1. The van der Waals surface area contributed by atoms with E-state index in [-0.39, 0.29) is 6.10 Å². The summed E-state index contributed by atoms with van der Waals surface area (Å²) in [5.74, 6) is 0. The maximum absolute atomic E-state index is 9.85. The third kappa shape index (κ3) is 1.83. The van der Waals surface area contributed by atoms with Crippen LogP contribution in [0.1, 0.15) is 49.0 Å². The molecule has 0 spiro atoms. The van der Waals surface area contributed by atoms with Crippen LogP contribution in [0.3, 0.4) is 0 Å². The van der Waals surface area contributed by atoms with E-state index in [0.717, 1.165) is 18.4 Å². The van der Waals surface area contributed by atoms with Crippen molar-refractivity contribution in [1.82, 2.24) is 0 Å². The first-order valence-corrected chi connectivity index (χ1v) is 5.61. The van der Waals surface area contributed by atoms with E-state index in [1.807, 2.05) is 0 Å². The Morgan fingerprint density at radius 1 is 1.29 bits per heavy atom. The minimum Gasteiger partial charge on any atom is -0.388 e. The van der Waals surface area contributed by atoms with Crippen LogP contribution < -0.4 is 0 Å². The predicted octanol–water partition coefficient (Wildman–Crippen LogP) is 3.01. The van der Waals surface area contributed by atoms with Crippen molar-refractivity contribution in [2.75, 3.05) is 0 Å². The van der Waals surface area contributed by atoms with Crippen LogP contribution in [0.25, 0.3) is 0 Å². The van der Waals surface area contributed by atoms with Gasteiger partial charge >= 0.3 is 0 Å². The standard InChI is InChI=1S/C13H18O/c1-2-4-13(14)12-8-7-10-5-3-6-11(10)9-12/h7-9,13-14H,2-6H2,1H3/t13-/m1/s1. The van der Waals surface area contributed by atoms with Crippen LogP contribution in [-0.4, -0.2) is 5.11 Å². The van der Waals surface area contributed by atoms with E-state index >= 15 is 0 Å². The van der Waals surface area contributed by atoms with E-state index in [9.17, 15) is 5.11 Å². The summed E-state index contributed by atoms with van der Waals surface area (Å²) >= 11 is 0. The molecule has 1 aliphatic rings. The second kappa shape index (κ2) is 4.14. The van der Waals surface area contributed by atoms with Gasteiger partial charge in [0, 0.05) is 0 Å². The zero-order chi connectivity index (χ0) is 9.97. The topological polar surface area (TPSA) is 20.2 Å². The summed E-state index contributed by atoms with van der Waals surface area (Å²) in [4.78, 5) is 0. The zero-order valence-corrected chi connectivity index (χ0v) is 8.79. The number of fused-ring (bicyclic) bond motifs is 1. The van der Waals surface area contributed by atoms with E-state index in [2.05, 4.69) is 25.1 Å². The van der Waals surface area contributed by atoms with Crippen LogP contribution in [0.4, 0.5) is 0 Å². The lowest BCUT2D eigenvalue weighted by Gasteiger charge is -2.11. The SMILES string of the molecule is CCC[C@@H](O)c1ccc2c(c1)CCC2. The molecule has 2 rings (SSSR count). The van der Waals surface area contributed by atoms with Crippen LogP contribution in [0.2, 0.25) is 0 Å². The van der Waals surface area contributed by atoms with Gasteiger partial charge in [-0.15, -0.1) is 0 Å². The summed E-state index contributed by atoms with van der Waals surface area (Å²) in [5, 5.41) is 9.85. The highest BCUT2D eigenvalue weighted by atomic mass is 16.3. The molecule has 1 aromatic carbocycles. The van der Waals surface area contributed by atoms with Crippen molar-refractivity contribution in [3.05, 3.63) is 34.9 Å². The monoisotopic (exact) mass is 190 g/mol. The number of rotatable bonds is 3. The Balaban J connectivity index is 2.19. The van der Waals surface area contributed by atoms with Crippen LogP contribution in [0.15, 0.2) is 18.2 Å².